The Balaban J connectivity index is 0.000000160. The lowest BCUT2D eigenvalue weighted by atomic mass is 10.0. The topological polar surface area (TPSA) is 448 Å². The van der Waals surface area contributed by atoms with E-state index in [4.69, 9.17) is 85.5 Å². The molecule has 150 heavy (non-hydrogen) atoms. The van der Waals surface area contributed by atoms with Gasteiger partial charge in [0.15, 0.2) is 11.5 Å². The predicted molar refractivity (Wildman–Crippen MR) is 597 cm³/mol. The lowest BCUT2D eigenvalue weighted by molar-refractivity contribution is -0.141. The van der Waals surface area contributed by atoms with Crippen molar-refractivity contribution < 1.29 is 59.8 Å². The summed E-state index contributed by atoms with van der Waals surface area (Å²) in [4.78, 5) is 105. The number of rotatable bonds is 17. The second-order valence-corrected chi connectivity index (χ2v) is 42.0. The standard InChI is InChI=1S/C19H17ClN4O.C19H14F3N3O.C18H15Br2N3OS.C18H15Cl2N3OS.C18H16ClN3OS.C15H18F3N5O2/c1-11-3-5-13(6-4-11)19(25)24-17-8-7-14(18(21)23-17)15-10-22-16(20)9-12(15)2;1-10-2-4-11(5-3-10)19(26)25-16-7-6-13(18(23)24-16)17-14(21)8-12(20)9-15(17)22;2*1-9-3-5-11(6-4-9)18(24)23-17-13(19)8-12(16(21)22-17)15-10(2)7-14(20)25-15;1-10-3-5-12(6-4-10)18(23)22-15-8-7-13(17(20)21-15)16-11(2)9-14(19)24-16;1-14(2,3)25-13(24)21-11-6-5-8(12(19)20-11)9-7-10(15(16,17)18)22-23(9)4/h3-10H,1-2H3,(H3,21,23,24,25);2-9H,1H3,(H3,23,24,25,26);2*3-8H,1-2H3,(H3,21,22,23,24);3-9H,1-2H3,(H3,20,21,22,23);5-7H,1-4H3,(H3,19,20,21,24). The first-order chi connectivity index (χ1) is 70.8. The Morgan fingerprint density at radius 2 is 0.720 bits per heavy atom. The van der Waals surface area contributed by atoms with E-state index in [1.807, 2.05) is 147 Å². The number of carbonyl (C=O) groups excluding carboxylic acids is 6. The molecule has 0 bridgehead atoms. The van der Waals surface area contributed by atoms with E-state index in [1.54, 1.807) is 135 Å². The maximum absolute atomic E-state index is 13.9. The van der Waals surface area contributed by atoms with Crippen molar-refractivity contribution >= 4 is 218 Å². The third kappa shape index (κ3) is 30.5. The van der Waals surface area contributed by atoms with E-state index < -0.39 is 52.5 Å². The van der Waals surface area contributed by atoms with Crippen LogP contribution in [0.2, 0.25) is 18.8 Å². The molecule has 6 aromatic carbocycles. The van der Waals surface area contributed by atoms with E-state index in [1.165, 1.54) is 54.0 Å². The maximum atomic E-state index is 13.9. The van der Waals surface area contributed by atoms with Crippen LogP contribution in [0.25, 0.3) is 64.8 Å². The Bertz CT molecular complexity index is 7740. The average molecular weight is 2300 g/mol. The lowest BCUT2D eigenvalue weighted by Crippen LogP contribution is -2.27. The first kappa shape index (κ1) is 114. The first-order valence-corrected chi connectivity index (χ1v) is 50.4. The molecule has 17 aromatic rings. The van der Waals surface area contributed by atoms with Crippen LogP contribution in [-0.4, -0.2) is 85.9 Å². The van der Waals surface area contributed by atoms with E-state index in [-0.39, 0.29) is 75.4 Å². The van der Waals surface area contributed by atoms with Crippen molar-refractivity contribution in [1.29, 1.82) is 0 Å². The van der Waals surface area contributed by atoms with Gasteiger partial charge in [0.1, 0.15) is 92.2 Å². The molecule has 0 atom stereocenters. The van der Waals surface area contributed by atoms with Crippen LogP contribution >= 0.6 is 112 Å². The number of nitrogen functional groups attached to an aromatic ring is 6. The minimum Gasteiger partial charge on any atom is -0.444 e. The molecule has 0 aliphatic heterocycles. The summed E-state index contributed by atoms with van der Waals surface area (Å²) in [5.74, 6) is -1.81. The molecule has 0 fully saturated rings. The van der Waals surface area contributed by atoms with Gasteiger partial charge < -0.3 is 65.7 Å². The summed E-state index contributed by atoms with van der Waals surface area (Å²) in [6.07, 6.45) is -3.61. The maximum Gasteiger partial charge on any atom is 0.435 e. The molecule has 17 rings (SSSR count). The van der Waals surface area contributed by atoms with Crippen molar-refractivity contribution in [1.82, 2.24) is 44.7 Å². The molecule has 0 spiro atoms. The number of nitrogens with one attached hydrogen (secondary N) is 6. The average Bonchev–Trinajstić information content (AvgIpc) is 1.62. The van der Waals surface area contributed by atoms with Crippen LogP contribution in [0, 0.1) is 79.8 Å². The zero-order valence-electron chi connectivity index (χ0n) is 82.0. The van der Waals surface area contributed by atoms with Crippen LogP contribution in [0.15, 0.2) is 239 Å². The molecule has 0 aliphatic carbocycles. The number of nitrogens with two attached hydrogens (primary N) is 6. The van der Waals surface area contributed by atoms with Gasteiger partial charge in [0.2, 0.25) is 0 Å². The molecule has 0 aliphatic rings. The van der Waals surface area contributed by atoms with Crippen molar-refractivity contribution in [3.05, 3.63) is 359 Å². The molecule has 43 heteroatoms. The Morgan fingerprint density at radius 3 is 1.09 bits per heavy atom. The minimum atomic E-state index is -4.56. The Kier molecular flexibility index (Phi) is 37.6. The predicted octanol–water partition coefficient (Wildman–Crippen LogP) is 28.3. The normalized spacial score (nSPS) is 10.9. The Morgan fingerprint density at radius 1 is 0.373 bits per heavy atom. The molecule has 0 saturated carbocycles. The van der Waals surface area contributed by atoms with E-state index in [2.05, 4.69) is 104 Å². The zero-order valence-corrected chi connectivity index (χ0v) is 90.7. The summed E-state index contributed by atoms with van der Waals surface area (Å²) in [5.41, 5.74) is 50.3. The van der Waals surface area contributed by atoms with Gasteiger partial charge in [0, 0.05) is 107 Å². The summed E-state index contributed by atoms with van der Waals surface area (Å²) in [6.45, 7) is 22.8. The number of thiophene rings is 3. The molecule has 6 amide bonds. The van der Waals surface area contributed by atoms with Crippen LogP contribution in [0.1, 0.15) is 128 Å². The highest BCUT2D eigenvalue weighted by atomic mass is 79.9. The van der Waals surface area contributed by atoms with Gasteiger partial charge in [-0.15, -0.1) is 34.0 Å². The fraction of sp³-hybridized carbons (Fsp3) is 0.140. The second kappa shape index (κ2) is 49.7. The Hall–Kier alpha value is -15.2. The third-order valence-electron chi connectivity index (χ3n) is 21.6. The number of pyridine rings is 7. The summed E-state index contributed by atoms with van der Waals surface area (Å²) in [7, 11) is 1.37. The molecule has 0 saturated heterocycles. The zero-order chi connectivity index (χ0) is 109. The number of halogens is 12. The number of carbonyl (C=O) groups is 6. The van der Waals surface area contributed by atoms with Gasteiger partial charge in [0.05, 0.1) is 33.2 Å². The number of hydrogen-bond donors (Lipinski definition) is 12. The highest BCUT2D eigenvalue weighted by molar-refractivity contribution is 9.11. The van der Waals surface area contributed by atoms with Crippen LogP contribution in [0.3, 0.4) is 0 Å². The largest absolute Gasteiger partial charge is 0.444 e. The van der Waals surface area contributed by atoms with Crippen molar-refractivity contribution in [2.75, 3.05) is 66.3 Å². The quantitative estimate of drug-likeness (QED) is 0.0297. The first-order valence-electron chi connectivity index (χ1n) is 44.9. The number of amides is 6. The SMILES string of the molecule is Cc1ccc(C(=O)Nc2ccc(-c3c(F)cc(F)cc3F)c(N)n2)cc1.Cc1ccc(C(=O)Nc2ccc(-c3cnc(Cl)cc3C)c(N)n2)cc1.Cc1ccc(C(=O)Nc2ccc(-c3sc(Cl)cc3C)c(N)n2)cc1.Cc1ccc(C(=O)Nc2nc(N)c(-c3sc(Br)cc3C)cc2Br)cc1.Cc1ccc(C(=O)Nc2nc(N)c(-c3sc(Cl)cc3C)cc2Cl)cc1.Cn1nc(C(F)(F)F)cc1-c1ccc(NC(=O)OC(C)(C)C)nc1N. The molecular formula is C107H95Br2Cl4F6N21O7S3. The molecule has 18 N–H and O–H groups in total. The van der Waals surface area contributed by atoms with E-state index in [0.29, 0.717) is 104 Å². The number of aryl methyl sites for hydroxylation is 10. The van der Waals surface area contributed by atoms with E-state index in [9.17, 15) is 55.1 Å². The summed E-state index contributed by atoms with van der Waals surface area (Å²) < 4.78 is 88.4. The Labute approximate surface area is 906 Å². The van der Waals surface area contributed by atoms with E-state index >= 15 is 0 Å². The molecule has 11 heterocycles. The van der Waals surface area contributed by atoms with Crippen LogP contribution in [0.5, 0.6) is 0 Å². The minimum absolute atomic E-state index is 0.0339. The number of nitrogens with zero attached hydrogens (tertiary/aromatic N) is 9. The van der Waals surface area contributed by atoms with Gasteiger partial charge in [-0.25, -0.2) is 52.9 Å². The van der Waals surface area contributed by atoms with Crippen molar-refractivity contribution in [3.63, 3.8) is 0 Å². The van der Waals surface area contributed by atoms with E-state index in [0.717, 1.165) is 101 Å². The number of alkyl halides is 3. The highest BCUT2D eigenvalue weighted by Crippen LogP contribution is 2.45. The van der Waals surface area contributed by atoms with Crippen LogP contribution < -0.4 is 66.3 Å². The van der Waals surface area contributed by atoms with Crippen molar-refractivity contribution in [2.24, 2.45) is 7.05 Å². The van der Waals surface area contributed by atoms with Crippen molar-refractivity contribution in [3.8, 4) is 64.8 Å². The molecule has 772 valence electrons. The molecular weight excluding hydrogens is 2200 g/mol. The van der Waals surface area contributed by atoms with Crippen LogP contribution in [0.4, 0.5) is 101 Å². The van der Waals surface area contributed by atoms with Gasteiger partial charge in [-0.1, -0.05) is 135 Å². The number of aromatic nitrogens is 9. The number of ether oxygens (including phenoxy) is 1. The van der Waals surface area contributed by atoms with Gasteiger partial charge in [-0.05, 0) is 289 Å². The van der Waals surface area contributed by atoms with Gasteiger partial charge in [-0.2, -0.15) is 18.3 Å². The molecule has 0 unspecified atom stereocenters. The van der Waals surface area contributed by atoms with Gasteiger partial charge in [0.25, 0.3) is 29.5 Å². The molecule has 28 nitrogen and oxygen atoms in total. The summed E-state index contributed by atoms with van der Waals surface area (Å²) >= 11 is 35.7. The number of anilines is 12. The van der Waals surface area contributed by atoms with Gasteiger partial charge in [-0.3, -0.25) is 34.0 Å². The fourth-order valence-electron chi connectivity index (χ4n) is 14.0. The fourth-order valence-corrected chi connectivity index (χ4v) is 19.3. The van der Waals surface area contributed by atoms with Crippen molar-refractivity contribution in [2.45, 2.75) is 94.9 Å². The highest BCUT2D eigenvalue weighted by Gasteiger charge is 2.35. The smallest absolute Gasteiger partial charge is 0.435 e. The molecule has 0 radical (unpaired) electrons. The van der Waals surface area contributed by atoms with Gasteiger partial charge >= 0.3 is 12.3 Å². The number of benzene rings is 6. The van der Waals surface area contributed by atoms with Crippen LogP contribution in [-0.2, 0) is 18.0 Å². The summed E-state index contributed by atoms with van der Waals surface area (Å²) in [5, 5.41) is 20.2. The lowest BCUT2D eigenvalue weighted by Gasteiger charge is -2.19. The third-order valence-corrected chi connectivity index (χ3v) is 27.3. The second-order valence-electron chi connectivity index (χ2n) is 34.5. The monoisotopic (exact) mass is 2290 g/mol. The molecule has 11 aromatic heterocycles. The summed E-state index contributed by atoms with van der Waals surface area (Å²) in [6, 6.07) is 61.9. The number of hydrogen-bond acceptors (Lipinski definition) is 24.